The Bertz CT molecular complexity index is 679. The molecule has 2 heterocycles. The largest absolute Gasteiger partial charge is 0.497 e. The van der Waals surface area contributed by atoms with E-state index in [1.54, 1.807) is 25.3 Å². The van der Waals surface area contributed by atoms with Crippen molar-refractivity contribution in [2.24, 2.45) is 0 Å². The second-order valence-electron chi connectivity index (χ2n) is 3.16. The van der Waals surface area contributed by atoms with Crippen LogP contribution in [0.1, 0.15) is 0 Å². The molecule has 2 aromatic heterocycles. The predicted molar refractivity (Wildman–Crippen MR) is 52.6 cm³/mol. The molecule has 3 rings (SSSR count). The van der Waals surface area contributed by atoms with Crippen LogP contribution in [0.4, 0.5) is 0 Å². The number of nitrogens with zero attached hydrogens (tertiary/aromatic N) is 4. The average molecular weight is 218 g/mol. The van der Waals surface area contributed by atoms with Gasteiger partial charge in [-0.25, -0.2) is 4.98 Å². The van der Waals surface area contributed by atoms with Crippen molar-refractivity contribution in [1.29, 1.82) is 0 Å². The molecule has 7 nitrogen and oxygen atoms in total. The number of rotatable bonds is 1. The van der Waals surface area contributed by atoms with Crippen LogP contribution < -0.4 is 9.64 Å². The second kappa shape index (κ2) is 3.02. The summed E-state index contributed by atoms with van der Waals surface area (Å²) in [6.45, 7) is 0. The summed E-state index contributed by atoms with van der Waals surface area (Å²) in [5.41, 5.74) is 1.43. The normalized spacial score (nSPS) is 11.1. The van der Waals surface area contributed by atoms with E-state index in [0.29, 0.717) is 16.8 Å². The molecule has 0 amide bonds. The first-order chi connectivity index (χ1) is 7.78. The molecular formula is C9H6N4O3. The van der Waals surface area contributed by atoms with E-state index < -0.39 is 0 Å². The van der Waals surface area contributed by atoms with Gasteiger partial charge in [0.2, 0.25) is 0 Å². The van der Waals surface area contributed by atoms with Crippen LogP contribution in [0.5, 0.6) is 5.75 Å². The molecule has 0 aliphatic carbocycles. The Kier molecular flexibility index (Phi) is 1.67. The molecule has 0 saturated heterocycles. The Morgan fingerprint density at radius 1 is 1.31 bits per heavy atom. The van der Waals surface area contributed by atoms with Gasteiger partial charge >= 0.3 is 11.3 Å². The zero-order valence-electron chi connectivity index (χ0n) is 8.25. The van der Waals surface area contributed by atoms with Gasteiger partial charge in [-0.2, -0.15) is 0 Å². The van der Waals surface area contributed by atoms with E-state index in [0.717, 1.165) is 0 Å². The van der Waals surface area contributed by atoms with Gasteiger partial charge in [-0.15, -0.1) is 0 Å². The fourth-order valence-corrected chi connectivity index (χ4v) is 1.44. The molecule has 1 aromatic carbocycles. The lowest BCUT2D eigenvalue weighted by atomic mass is 10.3. The Morgan fingerprint density at radius 2 is 2.19 bits per heavy atom. The van der Waals surface area contributed by atoms with Crippen molar-refractivity contribution in [3.05, 3.63) is 23.4 Å². The number of aromatic nitrogens is 4. The number of benzene rings is 1. The third-order valence-corrected chi connectivity index (χ3v) is 2.21. The molecule has 0 saturated carbocycles. The standard InChI is InChI=1S/C9H6N4O3/c1-15-5-2-3-6-7(4-5)11-9-8(10-6)12-16-13(9)14/h2-4H,1H3. The Balaban J connectivity index is 2.39. The summed E-state index contributed by atoms with van der Waals surface area (Å²) in [5, 5.41) is 14.6. The summed E-state index contributed by atoms with van der Waals surface area (Å²) >= 11 is 0. The van der Waals surface area contributed by atoms with Crippen LogP contribution >= 0.6 is 0 Å². The van der Waals surface area contributed by atoms with Crippen LogP contribution in [-0.4, -0.2) is 22.2 Å². The SMILES string of the molecule is COc1ccc2nc3no[n+]([O-])c3nc2c1. The Labute approximate surface area is 88.8 Å². The maximum absolute atomic E-state index is 11.1. The van der Waals surface area contributed by atoms with Crippen molar-refractivity contribution in [1.82, 2.24) is 15.1 Å². The number of hydrogen-bond donors (Lipinski definition) is 0. The van der Waals surface area contributed by atoms with Crippen LogP contribution in [0.2, 0.25) is 0 Å². The average Bonchev–Trinajstić information content (AvgIpc) is 2.67. The maximum Gasteiger partial charge on any atom is 0.362 e. The van der Waals surface area contributed by atoms with Crippen molar-refractivity contribution in [3.63, 3.8) is 0 Å². The molecule has 0 unspecified atom stereocenters. The van der Waals surface area contributed by atoms with Crippen molar-refractivity contribution in [2.45, 2.75) is 0 Å². The lowest BCUT2D eigenvalue weighted by Gasteiger charge is -1.98. The molecular weight excluding hydrogens is 212 g/mol. The summed E-state index contributed by atoms with van der Waals surface area (Å²) in [5.74, 6) is 0.648. The first-order valence-corrected chi connectivity index (χ1v) is 4.49. The lowest BCUT2D eigenvalue weighted by Crippen LogP contribution is -2.23. The molecule has 0 N–H and O–H groups in total. The van der Waals surface area contributed by atoms with Gasteiger partial charge in [0.15, 0.2) is 5.52 Å². The summed E-state index contributed by atoms with van der Waals surface area (Å²) in [4.78, 5) is 8.45. The zero-order chi connectivity index (χ0) is 11.1. The molecule has 3 aromatic rings. The maximum atomic E-state index is 11.1. The van der Waals surface area contributed by atoms with Crippen LogP contribution in [0.25, 0.3) is 22.3 Å². The molecule has 0 aliphatic rings. The van der Waals surface area contributed by atoms with Gasteiger partial charge in [0, 0.05) is 6.07 Å². The van der Waals surface area contributed by atoms with Gasteiger partial charge in [0.1, 0.15) is 11.3 Å². The van der Waals surface area contributed by atoms with Crippen molar-refractivity contribution >= 4 is 22.3 Å². The van der Waals surface area contributed by atoms with Gasteiger partial charge in [-0.05, 0) is 17.3 Å². The van der Waals surface area contributed by atoms with Gasteiger partial charge in [-0.3, -0.25) is 0 Å². The number of hydrogen-bond acceptors (Lipinski definition) is 6. The third-order valence-electron chi connectivity index (χ3n) is 2.21. The Hall–Kier alpha value is -2.44. The van der Waals surface area contributed by atoms with Crippen molar-refractivity contribution in [3.8, 4) is 5.75 Å². The van der Waals surface area contributed by atoms with E-state index in [2.05, 4.69) is 19.8 Å². The van der Waals surface area contributed by atoms with Crippen LogP contribution in [0.3, 0.4) is 0 Å². The van der Waals surface area contributed by atoms with E-state index in [9.17, 15) is 5.21 Å². The highest BCUT2D eigenvalue weighted by Gasteiger charge is 2.14. The van der Waals surface area contributed by atoms with Crippen LogP contribution in [0.15, 0.2) is 22.8 Å². The van der Waals surface area contributed by atoms with Crippen LogP contribution in [0, 0.1) is 5.21 Å². The highest BCUT2D eigenvalue weighted by atomic mass is 16.8. The van der Waals surface area contributed by atoms with Crippen molar-refractivity contribution < 1.29 is 14.3 Å². The quantitative estimate of drug-likeness (QED) is 0.550. The van der Waals surface area contributed by atoms with Gasteiger partial charge in [0.05, 0.1) is 7.11 Å². The first-order valence-electron chi connectivity index (χ1n) is 4.49. The van der Waals surface area contributed by atoms with Crippen LogP contribution in [-0.2, 0) is 0 Å². The highest BCUT2D eigenvalue weighted by molar-refractivity contribution is 5.82. The Morgan fingerprint density at radius 3 is 3.00 bits per heavy atom. The summed E-state index contributed by atoms with van der Waals surface area (Å²) in [6.07, 6.45) is 0. The molecule has 0 radical (unpaired) electrons. The van der Waals surface area contributed by atoms with E-state index in [1.807, 2.05) is 0 Å². The van der Waals surface area contributed by atoms with Gasteiger partial charge in [0.25, 0.3) is 0 Å². The molecule has 0 spiro atoms. The van der Waals surface area contributed by atoms with Gasteiger partial charge < -0.3 is 14.6 Å². The minimum atomic E-state index is 0.0563. The van der Waals surface area contributed by atoms with E-state index in [1.165, 1.54) is 0 Å². The molecule has 0 bridgehead atoms. The first kappa shape index (κ1) is 8.84. The number of methoxy groups -OCH3 is 1. The number of fused-ring (bicyclic) bond motifs is 2. The molecule has 0 atom stereocenters. The second-order valence-corrected chi connectivity index (χ2v) is 3.16. The molecule has 80 valence electrons. The van der Waals surface area contributed by atoms with Crippen molar-refractivity contribution in [2.75, 3.05) is 7.11 Å². The van der Waals surface area contributed by atoms with E-state index in [-0.39, 0.29) is 16.2 Å². The summed E-state index contributed by atoms with van der Waals surface area (Å²) in [7, 11) is 1.56. The predicted octanol–water partition coefficient (Wildman–Crippen LogP) is 0.413. The lowest BCUT2D eigenvalue weighted by molar-refractivity contribution is -0.783. The summed E-state index contributed by atoms with van der Waals surface area (Å²) < 4.78 is 9.45. The van der Waals surface area contributed by atoms with E-state index >= 15 is 0 Å². The molecule has 7 heteroatoms. The summed E-state index contributed by atoms with van der Waals surface area (Å²) in [6, 6.07) is 5.19. The topological polar surface area (TPSA) is 88.0 Å². The monoisotopic (exact) mass is 218 g/mol. The zero-order valence-corrected chi connectivity index (χ0v) is 8.25. The van der Waals surface area contributed by atoms with E-state index in [4.69, 9.17) is 4.74 Å². The molecule has 0 aliphatic heterocycles. The third kappa shape index (κ3) is 1.14. The molecule has 16 heavy (non-hydrogen) atoms. The smallest absolute Gasteiger partial charge is 0.362 e. The minimum absolute atomic E-state index is 0.0563. The molecule has 0 fully saturated rings. The number of ether oxygens (including phenoxy) is 1. The fourth-order valence-electron chi connectivity index (χ4n) is 1.44. The fraction of sp³-hybridized carbons (Fsp3) is 0.111. The highest BCUT2D eigenvalue weighted by Crippen LogP contribution is 2.18. The van der Waals surface area contributed by atoms with Gasteiger partial charge in [-0.1, -0.05) is 9.89 Å². The minimum Gasteiger partial charge on any atom is -0.497 e.